The number of ether oxygens (including phenoxy) is 3. The first-order valence-electron chi connectivity index (χ1n) is 16.8. The maximum absolute atomic E-state index is 14.2. The molecule has 1 atom stereocenters. The summed E-state index contributed by atoms with van der Waals surface area (Å²) in [5, 5.41) is 6.74. The van der Waals surface area contributed by atoms with E-state index < -0.39 is 5.97 Å². The smallest absolute Gasteiger partial charge is 0.337 e. The third-order valence-electron chi connectivity index (χ3n) is 8.46. The minimum Gasteiger partial charge on any atom is -0.497 e. The number of rotatable bonds is 16. The van der Waals surface area contributed by atoms with Crippen molar-refractivity contribution in [1.29, 1.82) is 0 Å². The van der Waals surface area contributed by atoms with E-state index in [1.165, 1.54) is 14.0 Å². The van der Waals surface area contributed by atoms with E-state index in [0.29, 0.717) is 47.9 Å². The molecule has 1 amide bonds. The van der Waals surface area contributed by atoms with E-state index in [4.69, 9.17) is 24.2 Å². The number of nitrogens with zero attached hydrogens (tertiary/aromatic N) is 4. The summed E-state index contributed by atoms with van der Waals surface area (Å²) in [7, 11) is 4.60. The third kappa shape index (κ3) is 9.41. The molecule has 0 bridgehead atoms. The van der Waals surface area contributed by atoms with Crippen LogP contribution < -0.4 is 30.6 Å². The van der Waals surface area contributed by atoms with Crippen LogP contribution in [0.1, 0.15) is 53.7 Å². The average Bonchev–Trinajstić information content (AvgIpc) is 3.15. The normalized spacial score (nSPS) is 11.5. The first-order valence-corrected chi connectivity index (χ1v) is 16.8. The van der Waals surface area contributed by atoms with Crippen LogP contribution in [0.3, 0.4) is 0 Å². The first-order chi connectivity index (χ1) is 24.7. The summed E-state index contributed by atoms with van der Waals surface area (Å²) in [6, 6.07) is 24.2. The van der Waals surface area contributed by atoms with Gasteiger partial charge in [-0.2, -0.15) is 4.98 Å². The standard InChI is InChI=1S/C39H44N6O6/c1-6-7-31(22-40-26(2)46)41-36-35-34(20-21-44(37(35)47)23-27-8-14-30(15-9-27)38(48)51-5)42-39(43-36)45(24-28-10-16-32(49-3)17-11-28)25-29-12-18-33(50-4)19-13-29/h8-21,31H,6-7,22-25H2,1-5H3,(H,40,46)(H,41,42,43). The van der Waals surface area contributed by atoms with Gasteiger partial charge in [0.1, 0.15) is 22.7 Å². The molecule has 5 rings (SSSR count). The van der Waals surface area contributed by atoms with Gasteiger partial charge in [0.15, 0.2) is 0 Å². The number of methoxy groups -OCH3 is 3. The van der Waals surface area contributed by atoms with Crippen LogP contribution in [0.4, 0.5) is 11.8 Å². The van der Waals surface area contributed by atoms with Crippen molar-refractivity contribution in [1.82, 2.24) is 19.9 Å². The molecule has 2 N–H and O–H groups in total. The van der Waals surface area contributed by atoms with E-state index in [9.17, 15) is 14.4 Å². The molecular formula is C39H44N6O6. The fraction of sp³-hybridized carbons (Fsp3) is 0.308. The van der Waals surface area contributed by atoms with E-state index >= 15 is 0 Å². The SMILES string of the molecule is CCCC(CNC(C)=O)Nc1nc(N(Cc2ccc(OC)cc2)Cc2ccc(OC)cc2)nc2ccn(Cc3ccc(C(=O)OC)cc3)c(=O)c12. The largest absolute Gasteiger partial charge is 0.497 e. The van der Waals surface area contributed by atoms with Gasteiger partial charge in [-0.1, -0.05) is 49.7 Å². The predicted molar refractivity (Wildman–Crippen MR) is 198 cm³/mol. The first kappa shape index (κ1) is 36.4. The molecule has 266 valence electrons. The number of benzene rings is 3. The van der Waals surface area contributed by atoms with Gasteiger partial charge in [-0.05, 0) is 65.6 Å². The molecule has 12 heteroatoms. The molecule has 2 heterocycles. The lowest BCUT2D eigenvalue weighted by Crippen LogP contribution is -2.36. The van der Waals surface area contributed by atoms with Crippen LogP contribution in [0.5, 0.6) is 11.5 Å². The van der Waals surface area contributed by atoms with E-state index in [2.05, 4.69) is 22.5 Å². The van der Waals surface area contributed by atoms with Gasteiger partial charge in [-0.3, -0.25) is 9.59 Å². The summed E-state index contributed by atoms with van der Waals surface area (Å²) in [5.41, 5.74) is 3.50. The number of hydrogen-bond donors (Lipinski definition) is 2. The molecule has 2 aromatic heterocycles. The van der Waals surface area contributed by atoms with Gasteiger partial charge >= 0.3 is 5.97 Å². The van der Waals surface area contributed by atoms with Crippen LogP contribution in [0.25, 0.3) is 10.9 Å². The van der Waals surface area contributed by atoms with Crippen LogP contribution in [-0.4, -0.2) is 60.3 Å². The van der Waals surface area contributed by atoms with Crippen LogP contribution in [-0.2, 0) is 29.2 Å². The highest BCUT2D eigenvalue weighted by Gasteiger charge is 2.21. The highest BCUT2D eigenvalue weighted by molar-refractivity contribution is 5.90. The Bertz CT molecular complexity index is 1950. The molecule has 0 saturated heterocycles. The summed E-state index contributed by atoms with van der Waals surface area (Å²) >= 11 is 0. The summed E-state index contributed by atoms with van der Waals surface area (Å²) in [5.74, 6) is 1.76. The van der Waals surface area contributed by atoms with Crippen molar-refractivity contribution in [2.75, 3.05) is 38.1 Å². The Morgan fingerprint density at radius 3 is 1.94 bits per heavy atom. The number of hydrogen-bond acceptors (Lipinski definition) is 10. The molecule has 51 heavy (non-hydrogen) atoms. The topological polar surface area (TPSA) is 137 Å². The molecular weight excluding hydrogens is 648 g/mol. The van der Waals surface area contributed by atoms with E-state index in [0.717, 1.165) is 41.0 Å². The molecule has 0 spiro atoms. The van der Waals surface area contributed by atoms with Crippen molar-refractivity contribution in [2.45, 2.75) is 52.4 Å². The van der Waals surface area contributed by atoms with Crippen molar-refractivity contribution in [3.8, 4) is 11.5 Å². The molecule has 0 fully saturated rings. The Kier molecular flexibility index (Phi) is 12.2. The second-order valence-electron chi connectivity index (χ2n) is 12.2. The number of carbonyl (C=O) groups excluding carboxylic acids is 2. The van der Waals surface area contributed by atoms with Crippen LogP contribution in [0.2, 0.25) is 0 Å². The summed E-state index contributed by atoms with van der Waals surface area (Å²) in [6.07, 6.45) is 3.30. The van der Waals surface area contributed by atoms with E-state index in [-0.39, 0.29) is 24.1 Å². The summed E-state index contributed by atoms with van der Waals surface area (Å²) in [6.45, 7) is 5.12. The Morgan fingerprint density at radius 1 is 0.824 bits per heavy atom. The predicted octanol–water partition coefficient (Wildman–Crippen LogP) is 5.57. The van der Waals surface area contributed by atoms with Crippen LogP contribution in [0.15, 0.2) is 89.9 Å². The number of aromatic nitrogens is 3. The van der Waals surface area contributed by atoms with Crippen LogP contribution in [0, 0.1) is 0 Å². The van der Waals surface area contributed by atoms with Gasteiger partial charge in [0.25, 0.3) is 5.56 Å². The zero-order chi connectivity index (χ0) is 36.3. The van der Waals surface area contributed by atoms with Gasteiger partial charge in [-0.25, -0.2) is 9.78 Å². The Morgan fingerprint density at radius 2 is 1.41 bits per heavy atom. The van der Waals surface area contributed by atoms with Crippen molar-refractivity contribution >= 4 is 34.5 Å². The lowest BCUT2D eigenvalue weighted by Gasteiger charge is -2.26. The Labute approximate surface area is 297 Å². The number of esters is 1. The quantitative estimate of drug-likeness (QED) is 0.126. The lowest BCUT2D eigenvalue weighted by molar-refractivity contribution is -0.119. The Balaban J connectivity index is 1.60. The number of amides is 1. The molecule has 0 radical (unpaired) electrons. The zero-order valence-electron chi connectivity index (χ0n) is 29.6. The molecule has 0 aliphatic carbocycles. The van der Waals surface area contributed by atoms with Gasteiger partial charge in [0, 0.05) is 38.8 Å². The fourth-order valence-corrected chi connectivity index (χ4v) is 5.73. The Hall–Kier alpha value is -5.91. The maximum atomic E-state index is 14.2. The number of fused-ring (bicyclic) bond motifs is 1. The molecule has 0 aliphatic rings. The minimum absolute atomic E-state index is 0.142. The lowest BCUT2D eigenvalue weighted by atomic mass is 10.1. The molecule has 0 saturated carbocycles. The highest BCUT2D eigenvalue weighted by Crippen LogP contribution is 2.26. The van der Waals surface area contributed by atoms with Gasteiger partial charge in [0.05, 0.1) is 39.0 Å². The second kappa shape index (κ2) is 17.1. The molecule has 1 unspecified atom stereocenters. The van der Waals surface area contributed by atoms with Crippen molar-refractivity contribution < 1.29 is 23.8 Å². The molecule has 5 aromatic rings. The van der Waals surface area contributed by atoms with Crippen LogP contribution >= 0.6 is 0 Å². The van der Waals surface area contributed by atoms with Crippen molar-refractivity contribution in [2.24, 2.45) is 0 Å². The van der Waals surface area contributed by atoms with E-state index in [1.807, 2.05) is 54.6 Å². The third-order valence-corrected chi connectivity index (χ3v) is 8.46. The van der Waals surface area contributed by atoms with Gasteiger partial charge in [0.2, 0.25) is 11.9 Å². The number of nitrogens with one attached hydrogen (secondary N) is 2. The number of anilines is 2. The zero-order valence-corrected chi connectivity index (χ0v) is 29.6. The number of pyridine rings is 1. The maximum Gasteiger partial charge on any atom is 0.337 e. The minimum atomic E-state index is -0.429. The van der Waals surface area contributed by atoms with Crippen molar-refractivity contribution in [3.05, 3.63) is 118 Å². The molecule has 12 nitrogen and oxygen atoms in total. The summed E-state index contributed by atoms with van der Waals surface area (Å²) < 4.78 is 17.2. The second-order valence-corrected chi connectivity index (χ2v) is 12.2. The monoisotopic (exact) mass is 692 g/mol. The van der Waals surface area contributed by atoms with Gasteiger partial charge < -0.3 is 34.3 Å². The van der Waals surface area contributed by atoms with E-state index in [1.54, 1.807) is 49.2 Å². The number of carbonyl (C=O) groups is 2. The molecule has 3 aromatic carbocycles. The highest BCUT2D eigenvalue weighted by atomic mass is 16.5. The van der Waals surface area contributed by atoms with Gasteiger partial charge in [-0.15, -0.1) is 0 Å². The fourth-order valence-electron chi connectivity index (χ4n) is 5.73. The summed E-state index contributed by atoms with van der Waals surface area (Å²) in [4.78, 5) is 50.1. The molecule has 0 aliphatic heterocycles. The average molecular weight is 693 g/mol. The van der Waals surface area contributed by atoms with Crippen molar-refractivity contribution in [3.63, 3.8) is 0 Å².